The Morgan fingerprint density at radius 2 is 1.82 bits per heavy atom. The van der Waals surface area contributed by atoms with Crippen LogP contribution in [0.4, 0.5) is 0 Å². The summed E-state index contributed by atoms with van der Waals surface area (Å²) in [5.41, 5.74) is 2.41. The average molecular weight is 374 g/mol. The lowest BCUT2D eigenvalue weighted by Crippen LogP contribution is -2.15. The van der Waals surface area contributed by atoms with Gasteiger partial charge in [0.05, 0.1) is 30.4 Å². The number of nitrogens with zero attached hydrogens (tertiary/aromatic N) is 4. The van der Waals surface area contributed by atoms with Crippen molar-refractivity contribution in [1.82, 2.24) is 19.6 Å². The third-order valence-electron chi connectivity index (χ3n) is 4.39. The van der Waals surface area contributed by atoms with E-state index in [0.29, 0.717) is 17.4 Å². The van der Waals surface area contributed by atoms with Crippen molar-refractivity contribution in [2.45, 2.75) is 19.6 Å². The molecule has 0 aliphatic heterocycles. The van der Waals surface area contributed by atoms with Crippen LogP contribution in [0.25, 0.3) is 16.6 Å². The molecule has 0 saturated carbocycles. The summed E-state index contributed by atoms with van der Waals surface area (Å²) < 4.78 is 8.76. The summed E-state index contributed by atoms with van der Waals surface area (Å²) in [5.74, 6) is -0.319. The summed E-state index contributed by atoms with van der Waals surface area (Å²) in [6, 6.07) is 16.7. The van der Waals surface area contributed by atoms with E-state index in [1.807, 2.05) is 48.7 Å². The summed E-state index contributed by atoms with van der Waals surface area (Å²) >= 11 is 0. The topological polar surface area (TPSA) is 79.0 Å². The van der Waals surface area contributed by atoms with Crippen molar-refractivity contribution in [3.05, 3.63) is 89.0 Å². The third kappa shape index (κ3) is 3.83. The molecule has 0 N–H and O–H groups in total. The van der Waals surface area contributed by atoms with E-state index in [-0.39, 0.29) is 24.4 Å². The zero-order valence-corrected chi connectivity index (χ0v) is 15.1. The Bertz CT molecular complexity index is 1150. The van der Waals surface area contributed by atoms with Gasteiger partial charge < -0.3 is 4.74 Å². The number of benzene rings is 2. The number of ether oxygens (including phenoxy) is 1. The minimum atomic E-state index is -0.319. The van der Waals surface area contributed by atoms with Crippen LogP contribution in [-0.4, -0.2) is 25.5 Å². The van der Waals surface area contributed by atoms with E-state index >= 15 is 0 Å². The van der Waals surface area contributed by atoms with E-state index in [2.05, 4.69) is 10.2 Å². The summed E-state index contributed by atoms with van der Waals surface area (Å²) in [5, 5.41) is 8.88. The number of hydrogen-bond donors (Lipinski definition) is 0. The Morgan fingerprint density at radius 1 is 1.00 bits per heavy atom. The van der Waals surface area contributed by atoms with Crippen molar-refractivity contribution < 1.29 is 9.53 Å². The van der Waals surface area contributed by atoms with Crippen LogP contribution in [-0.2, 0) is 22.7 Å². The predicted octanol–water partition coefficient (Wildman–Crippen LogP) is 2.72. The van der Waals surface area contributed by atoms with Crippen LogP contribution in [0.3, 0.4) is 0 Å². The first kappa shape index (κ1) is 17.7. The lowest BCUT2D eigenvalue weighted by atomic mass is 10.2. The molecule has 0 fully saturated rings. The molecular weight excluding hydrogens is 356 g/mol. The molecule has 0 bridgehead atoms. The second-order valence-corrected chi connectivity index (χ2v) is 6.28. The van der Waals surface area contributed by atoms with Gasteiger partial charge in [-0.3, -0.25) is 14.3 Å². The van der Waals surface area contributed by atoms with Gasteiger partial charge in [0.1, 0.15) is 6.61 Å². The quantitative estimate of drug-likeness (QED) is 0.485. The van der Waals surface area contributed by atoms with E-state index in [9.17, 15) is 9.59 Å². The normalized spacial score (nSPS) is 10.9. The fourth-order valence-electron chi connectivity index (χ4n) is 2.94. The maximum atomic E-state index is 12.1. The minimum Gasteiger partial charge on any atom is -0.461 e. The first-order valence-electron chi connectivity index (χ1n) is 8.90. The van der Waals surface area contributed by atoms with Gasteiger partial charge in [0, 0.05) is 17.8 Å². The second-order valence-electron chi connectivity index (χ2n) is 6.28. The Labute approximate surface area is 160 Å². The number of aromatic nitrogens is 4. The Hall–Kier alpha value is -3.74. The molecule has 0 saturated heterocycles. The number of carbonyl (C=O) groups is 1. The molecule has 4 aromatic rings. The molecule has 7 heteroatoms. The van der Waals surface area contributed by atoms with Crippen molar-refractivity contribution in [3.63, 3.8) is 0 Å². The zero-order valence-electron chi connectivity index (χ0n) is 15.1. The van der Waals surface area contributed by atoms with Gasteiger partial charge in [0.25, 0.3) is 0 Å². The highest BCUT2D eigenvalue weighted by atomic mass is 16.5. The minimum absolute atomic E-state index is 0.131. The third-order valence-corrected chi connectivity index (χ3v) is 4.39. The first-order chi connectivity index (χ1) is 13.7. The lowest BCUT2D eigenvalue weighted by molar-refractivity contribution is -0.145. The highest BCUT2D eigenvalue weighted by Crippen LogP contribution is 2.11. The van der Waals surface area contributed by atoms with Crippen molar-refractivity contribution in [1.29, 1.82) is 0 Å². The molecule has 0 unspecified atom stereocenters. The smallest absolute Gasteiger partial charge is 0.308 e. The van der Waals surface area contributed by atoms with Crippen LogP contribution in [0, 0.1) is 0 Å². The van der Waals surface area contributed by atoms with Gasteiger partial charge in [-0.15, -0.1) is 0 Å². The first-order valence-corrected chi connectivity index (χ1v) is 8.90. The van der Waals surface area contributed by atoms with Crippen LogP contribution in [0.5, 0.6) is 0 Å². The van der Waals surface area contributed by atoms with Crippen molar-refractivity contribution in [2.24, 2.45) is 0 Å². The highest BCUT2D eigenvalue weighted by Gasteiger charge is 2.08. The molecule has 2 aromatic carbocycles. The van der Waals surface area contributed by atoms with Gasteiger partial charge in [-0.05, 0) is 35.9 Å². The molecule has 0 spiro atoms. The standard InChI is InChI=1S/C21H18N4O3/c26-20-14-23-25(19-5-2-1-4-18(19)20)13-10-21(27)28-15-16-6-8-17(9-7-16)24-12-3-11-22-24/h1-9,11-12,14H,10,13,15H2. The highest BCUT2D eigenvalue weighted by molar-refractivity contribution is 5.78. The Kier molecular flexibility index (Phi) is 4.97. The Morgan fingerprint density at radius 3 is 2.61 bits per heavy atom. The molecule has 7 nitrogen and oxygen atoms in total. The second kappa shape index (κ2) is 7.87. The molecule has 4 rings (SSSR count). The summed E-state index contributed by atoms with van der Waals surface area (Å²) in [4.78, 5) is 24.0. The lowest BCUT2D eigenvalue weighted by Gasteiger charge is -2.09. The van der Waals surface area contributed by atoms with Gasteiger partial charge in [0.15, 0.2) is 0 Å². The maximum Gasteiger partial charge on any atom is 0.308 e. The number of hydrogen-bond acceptors (Lipinski definition) is 5. The monoisotopic (exact) mass is 374 g/mol. The fourth-order valence-corrected chi connectivity index (χ4v) is 2.94. The molecular formula is C21H18N4O3. The molecule has 140 valence electrons. The van der Waals surface area contributed by atoms with Crippen molar-refractivity contribution in [2.75, 3.05) is 0 Å². The predicted molar refractivity (Wildman–Crippen MR) is 104 cm³/mol. The van der Waals surface area contributed by atoms with Crippen molar-refractivity contribution in [3.8, 4) is 5.69 Å². The van der Waals surface area contributed by atoms with Crippen LogP contribution in [0.2, 0.25) is 0 Å². The van der Waals surface area contributed by atoms with E-state index in [1.54, 1.807) is 27.7 Å². The van der Waals surface area contributed by atoms with E-state index in [1.165, 1.54) is 6.20 Å². The number of esters is 1. The molecule has 0 aliphatic rings. The fraction of sp³-hybridized carbons (Fsp3) is 0.143. The van der Waals surface area contributed by atoms with Gasteiger partial charge in [-0.2, -0.15) is 10.2 Å². The summed E-state index contributed by atoms with van der Waals surface area (Å²) in [6.45, 7) is 0.550. The number of fused-ring (bicyclic) bond motifs is 1. The van der Waals surface area contributed by atoms with E-state index in [0.717, 1.165) is 11.3 Å². The van der Waals surface area contributed by atoms with E-state index < -0.39 is 0 Å². The largest absolute Gasteiger partial charge is 0.461 e. The maximum absolute atomic E-state index is 12.1. The molecule has 28 heavy (non-hydrogen) atoms. The van der Waals surface area contributed by atoms with Gasteiger partial charge >= 0.3 is 5.97 Å². The van der Waals surface area contributed by atoms with E-state index in [4.69, 9.17) is 4.74 Å². The molecule has 0 amide bonds. The van der Waals surface area contributed by atoms with Crippen LogP contribution in [0.15, 0.2) is 78.0 Å². The Balaban J connectivity index is 1.34. The summed E-state index contributed by atoms with van der Waals surface area (Å²) in [6.07, 6.45) is 5.03. The molecule has 0 aliphatic carbocycles. The number of aryl methyl sites for hydroxylation is 1. The van der Waals surface area contributed by atoms with Gasteiger partial charge in [-0.1, -0.05) is 24.3 Å². The van der Waals surface area contributed by atoms with Crippen LogP contribution >= 0.6 is 0 Å². The zero-order chi connectivity index (χ0) is 19.3. The molecule has 0 atom stereocenters. The average Bonchev–Trinajstić information content (AvgIpc) is 3.27. The van der Waals surface area contributed by atoms with Gasteiger partial charge in [-0.25, -0.2) is 4.68 Å². The summed E-state index contributed by atoms with van der Waals surface area (Å²) in [7, 11) is 0. The van der Waals surface area contributed by atoms with Crippen LogP contribution < -0.4 is 5.43 Å². The van der Waals surface area contributed by atoms with Crippen LogP contribution in [0.1, 0.15) is 12.0 Å². The number of carbonyl (C=O) groups excluding carboxylic acids is 1. The number of para-hydroxylation sites is 1. The SMILES string of the molecule is O=C(CCn1ncc(=O)c2ccccc21)OCc1ccc(-n2cccn2)cc1. The molecule has 2 aromatic heterocycles. The van der Waals surface area contributed by atoms with Crippen molar-refractivity contribution >= 4 is 16.9 Å². The van der Waals surface area contributed by atoms with Gasteiger partial charge in [0.2, 0.25) is 5.43 Å². The molecule has 0 radical (unpaired) electrons. The number of rotatable bonds is 6. The molecule has 2 heterocycles.